The third-order valence-corrected chi connectivity index (χ3v) is 6.63. The molecule has 11 nitrogen and oxygen atoms in total. The van der Waals surface area contributed by atoms with Gasteiger partial charge in [-0.3, -0.25) is 19.2 Å². The lowest BCUT2D eigenvalue weighted by molar-refractivity contribution is -0.384. The van der Waals surface area contributed by atoms with Gasteiger partial charge in [0.1, 0.15) is 11.4 Å². The fraction of sp³-hybridized carbons (Fsp3) is 0.400. The molecule has 0 fully saturated rings. The van der Waals surface area contributed by atoms with Gasteiger partial charge < -0.3 is 10.1 Å². The molecule has 14 heteroatoms. The number of thioether (sulfide) groups is 1. The summed E-state index contributed by atoms with van der Waals surface area (Å²) in [6, 6.07) is 3.68. The minimum absolute atomic E-state index is 0.0252. The van der Waals surface area contributed by atoms with Crippen molar-refractivity contribution < 1.29 is 22.9 Å². The molecule has 1 amide bonds. The first kappa shape index (κ1) is 22.8. The highest BCUT2D eigenvalue weighted by atomic mass is 32.2. The van der Waals surface area contributed by atoms with Crippen LogP contribution in [0.15, 0.2) is 22.5 Å². The van der Waals surface area contributed by atoms with E-state index < -0.39 is 14.9 Å². The van der Waals surface area contributed by atoms with Crippen molar-refractivity contribution in [1.29, 1.82) is 0 Å². The second-order valence-electron chi connectivity index (χ2n) is 5.68. The highest BCUT2D eigenvalue weighted by molar-refractivity contribution is 8.00. The number of anilines is 2. The number of nitrogens with one attached hydrogen (secondary N) is 1. The van der Waals surface area contributed by atoms with Crippen LogP contribution in [-0.4, -0.2) is 55.6 Å². The lowest BCUT2D eigenvalue weighted by atomic mass is 10.2. The van der Waals surface area contributed by atoms with Crippen molar-refractivity contribution in [3.63, 3.8) is 0 Å². The smallest absolute Gasteiger partial charge is 0.271 e. The number of ether oxygens (including phenoxy) is 1. The predicted octanol–water partition coefficient (Wildman–Crippen LogP) is 2.36. The molecule has 0 saturated heterocycles. The summed E-state index contributed by atoms with van der Waals surface area (Å²) >= 11 is 2.64. The van der Waals surface area contributed by atoms with Crippen LogP contribution in [0.3, 0.4) is 0 Å². The Labute approximate surface area is 175 Å². The molecule has 29 heavy (non-hydrogen) atoms. The number of hydrogen-bond acceptors (Lipinski definition) is 10. The molecule has 0 aliphatic carbocycles. The first-order chi connectivity index (χ1) is 13.7. The van der Waals surface area contributed by atoms with E-state index >= 15 is 0 Å². The average Bonchev–Trinajstić information content (AvgIpc) is 3.11. The number of aromatic nitrogens is 2. The van der Waals surface area contributed by atoms with Gasteiger partial charge in [-0.1, -0.05) is 23.1 Å². The van der Waals surface area contributed by atoms with Crippen molar-refractivity contribution in [3.05, 3.63) is 28.3 Å². The number of rotatable bonds is 10. The Bertz CT molecular complexity index is 994. The number of nitro benzene ring substituents is 1. The summed E-state index contributed by atoms with van der Waals surface area (Å²) in [5.74, 6) is -0.169. The summed E-state index contributed by atoms with van der Waals surface area (Å²) < 4.78 is 31.4. The number of sulfonamides is 1. The maximum absolute atomic E-state index is 12.3. The minimum atomic E-state index is -3.77. The van der Waals surface area contributed by atoms with Gasteiger partial charge in [-0.25, -0.2) is 8.42 Å². The Morgan fingerprint density at radius 2 is 2.14 bits per heavy atom. The Balaban J connectivity index is 2.11. The Kier molecular flexibility index (Phi) is 7.75. The van der Waals surface area contributed by atoms with E-state index in [1.165, 1.54) is 42.3 Å². The molecule has 0 aliphatic rings. The number of nitrogens with zero attached hydrogens (tertiary/aromatic N) is 4. The number of amides is 1. The summed E-state index contributed by atoms with van der Waals surface area (Å²) in [4.78, 5) is 22.5. The molecule has 1 heterocycles. The van der Waals surface area contributed by atoms with Crippen LogP contribution in [-0.2, 0) is 14.8 Å². The van der Waals surface area contributed by atoms with Gasteiger partial charge in [-0.05, 0) is 18.7 Å². The van der Waals surface area contributed by atoms with Crippen LogP contribution in [0.2, 0.25) is 0 Å². The summed E-state index contributed by atoms with van der Waals surface area (Å²) in [6.07, 6.45) is 3.03. The van der Waals surface area contributed by atoms with Gasteiger partial charge >= 0.3 is 0 Å². The monoisotopic (exact) mass is 461 g/mol. The van der Waals surface area contributed by atoms with Crippen molar-refractivity contribution in [1.82, 2.24) is 10.2 Å². The van der Waals surface area contributed by atoms with E-state index in [0.29, 0.717) is 9.47 Å². The van der Waals surface area contributed by atoms with Gasteiger partial charge in [-0.15, -0.1) is 10.2 Å². The van der Waals surface area contributed by atoms with Crippen molar-refractivity contribution >= 4 is 55.5 Å². The third-order valence-electron chi connectivity index (χ3n) is 3.63. The van der Waals surface area contributed by atoms with Gasteiger partial charge in [0.05, 0.1) is 18.3 Å². The van der Waals surface area contributed by atoms with Gasteiger partial charge in [0.25, 0.3) is 5.69 Å². The average molecular weight is 462 g/mol. The fourth-order valence-corrected chi connectivity index (χ4v) is 4.51. The summed E-state index contributed by atoms with van der Waals surface area (Å²) in [7, 11) is -2.44. The van der Waals surface area contributed by atoms with E-state index in [1.807, 2.05) is 6.26 Å². The second kappa shape index (κ2) is 9.84. The number of methoxy groups -OCH3 is 1. The Hall–Kier alpha value is -2.45. The van der Waals surface area contributed by atoms with E-state index in [0.717, 1.165) is 16.6 Å². The molecule has 1 aromatic carbocycles. The second-order valence-corrected chi connectivity index (χ2v) is 9.62. The van der Waals surface area contributed by atoms with E-state index in [-0.39, 0.29) is 42.4 Å². The zero-order valence-electron chi connectivity index (χ0n) is 15.8. The lowest BCUT2D eigenvalue weighted by Gasteiger charge is -2.24. The van der Waals surface area contributed by atoms with Crippen LogP contribution in [0.25, 0.3) is 0 Å². The first-order valence-electron chi connectivity index (χ1n) is 8.13. The number of carbonyl (C=O) groups is 1. The number of nitro groups is 1. The summed E-state index contributed by atoms with van der Waals surface area (Å²) in [5.41, 5.74) is -0.230. The van der Waals surface area contributed by atoms with Crippen molar-refractivity contribution in [2.45, 2.75) is 17.2 Å². The summed E-state index contributed by atoms with van der Waals surface area (Å²) in [6.45, 7) is -0.0596. The Morgan fingerprint density at radius 3 is 2.69 bits per heavy atom. The third kappa shape index (κ3) is 6.27. The van der Waals surface area contributed by atoms with Crippen LogP contribution in [0.5, 0.6) is 5.75 Å². The van der Waals surface area contributed by atoms with Crippen LogP contribution in [0.1, 0.15) is 12.8 Å². The van der Waals surface area contributed by atoms with Gasteiger partial charge in [0.2, 0.25) is 21.1 Å². The molecule has 0 atom stereocenters. The predicted molar refractivity (Wildman–Crippen MR) is 111 cm³/mol. The summed E-state index contributed by atoms with van der Waals surface area (Å²) in [5, 5.41) is 21.7. The van der Waals surface area contributed by atoms with Crippen molar-refractivity contribution in [3.8, 4) is 5.75 Å². The SMILES string of the molecule is COc1ccc([N+](=O)[O-])cc1N(CCCC(=O)Nc1nnc(SC)s1)S(C)(=O)=O. The maximum Gasteiger partial charge on any atom is 0.271 e. The van der Waals surface area contributed by atoms with Gasteiger partial charge in [0, 0.05) is 25.1 Å². The van der Waals surface area contributed by atoms with Crippen molar-refractivity contribution in [2.75, 3.05) is 35.8 Å². The van der Waals surface area contributed by atoms with Crippen LogP contribution in [0.4, 0.5) is 16.5 Å². The van der Waals surface area contributed by atoms with Crippen LogP contribution >= 0.6 is 23.1 Å². The number of carbonyl (C=O) groups excluding carboxylic acids is 1. The van der Waals surface area contributed by atoms with E-state index in [2.05, 4.69) is 15.5 Å². The van der Waals surface area contributed by atoms with E-state index in [4.69, 9.17) is 4.74 Å². The quantitative estimate of drug-likeness (QED) is 0.244. The van der Waals surface area contributed by atoms with Crippen LogP contribution < -0.4 is 14.4 Å². The molecule has 0 spiro atoms. The number of benzene rings is 1. The maximum atomic E-state index is 12.3. The van der Waals surface area contributed by atoms with Crippen LogP contribution in [0, 0.1) is 10.1 Å². The molecule has 2 rings (SSSR count). The van der Waals surface area contributed by atoms with Gasteiger partial charge in [-0.2, -0.15) is 0 Å². The van der Waals surface area contributed by atoms with Crippen molar-refractivity contribution in [2.24, 2.45) is 0 Å². The minimum Gasteiger partial charge on any atom is -0.495 e. The molecule has 0 aliphatic heterocycles. The fourth-order valence-electron chi connectivity index (χ4n) is 2.36. The Morgan fingerprint density at radius 1 is 1.41 bits per heavy atom. The molecule has 0 saturated carbocycles. The topological polar surface area (TPSA) is 145 Å². The normalized spacial score (nSPS) is 11.1. The highest BCUT2D eigenvalue weighted by Gasteiger charge is 2.24. The molecule has 1 aromatic heterocycles. The largest absolute Gasteiger partial charge is 0.495 e. The molecule has 2 aromatic rings. The number of hydrogen-bond donors (Lipinski definition) is 1. The zero-order chi connectivity index (χ0) is 21.6. The number of non-ortho nitro benzene ring substituents is 1. The first-order valence-corrected chi connectivity index (χ1v) is 12.0. The highest BCUT2D eigenvalue weighted by Crippen LogP contribution is 2.34. The molecule has 0 unspecified atom stereocenters. The molecule has 0 radical (unpaired) electrons. The standard InChI is InChI=1S/C15H19N5O6S3/c1-26-12-7-6-10(20(22)23)9-11(12)19(29(3,24)25)8-4-5-13(21)16-14-17-18-15(27-2)28-14/h6-7,9H,4-5,8H2,1-3H3,(H,16,17,21). The molecule has 158 valence electrons. The lowest BCUT2D eigenvalue weighted by Crippen LogP contribution is -2.32. The zero-order valence-corrected chi connectivity index (χ0v) is 18.3. The van der Waals surface area contributed by atoms with E-state index in [9.17, 15) is 23.3 Å². The molecular weight excluding hydrogens is 442 g/mol. The molecule has 0 bridgehead atoms. The molecule has 1 N–H and O–H groups in total. The molecular formula is C15H19N5O6S3. The van der Waals surface area contributed by atoms with E-state index in [1.54, 1.807) is 0 Å². The van der Waals surface area contributed by atoms with Gasteiger partial charge in [0.15, 0.2) is 4.34 Å².